The number of thioether (sulfide) groups is 2. The number of nitrogens with two attached hydrogens (primary N) is 3. The quantitative estimate of drug-likeness (QED) is 0.0214. The molecule has 3 saturated heterocycles. The van der Waals surface area contributed by atoms with Crippen molar-refractivity contribution in [2.24, 2.45) is 17.2 Å². The first-order valence-electron chi connectivity index (χ1n) is 34.2. The number of aliphatic hydroxyl groups is 1. The van der Waals surface area contributed by atoms with E-state index in [-0.39, 0.29) is 97.6 Å². The summed E-state index contributed by atoms with van der Waals surface area (Å²) < 4.78 is 0. The van der Waals surface area contributed by atoms with Gasteiger partial charge < -0.3 is 89.2 Å². The molecule has 4 aliphatic rings. The number of carboxylic acid groups (broad SMARTS) is 4. The number of nitrogens with zero attached hydrogens (tertiary/aromatic N) is 6. The number of nitrogens with one attached hydrogen (secondary N) is 7. The van der Waals surface area contributed by atoms with Crippen molar-refractivity contribution in [3.63, 3.8) is 0 Å². The molecule has 105 heavy (non-hydrogen) atoms. The van der Waals surface area contributed by atoms with Gasteiger partial charge in [0.15, 0.2) is 0 Å². The Bertz CT molecular complexity index is 3340. The lowest BCUT2D eigenvalue weighted by molar-refractivity contribution is -0.147. The van der Waals surface area contributed by atoms with E-state index >= 15 is 4.79 Å². The maximum atomic E-state index is 15.2. The van der Waals surface area contributed by atoms with Crippen LogP contribution in [0.15, 0.2) is 40.1 Å². The Balaban J connectivity index is 1.51. The maximum Gasteiger partial charge on any atom is 0.317 e. The SMILES string of the molecule is CCCC[C@H](NC(=O)CN1CCN(CC(=O)O)CCN(CC(=O)O)CCN(CC(=O)O)CC1)C(=O)N[C@@H](CSC1=C(SC[C@H](NC(=O)[C@H](Cc2ccccc2)NC[C@@](C=O)(CCC(N)=O)NC(=O)C[C@@H](C)O)C(=O)N[C@@H](CC(=O)O)C(N)=O)C(=O)NC1=O)C(=O)N1CCC[C@H]1C(=O)N1CCC[C@H]1C(N)=O. The molecule has 0 unspecified atom stereocenters. The molecule has 40 heteroatoms. The molecule has 580 valence electrons. The third-order valence-corrected chi connectivity index (χ3v) is 20.1. The molecule has 0 aliphatic carbocycles. The fourth-order valence-electron chi connectivity index (χ4n) is 12.2. The van der Waals surface area contributed by atoms with Gasteiger partial charge in [0.05, 0.1) is 61.0 Å². The number of unbranched alkanes of at least 4 members (excludes halogenated alkanes) is 1. The number of aliphatic carboxylic acids is 4. The fraction of sp³-hybridized carbons (Fsp3) is 0.615. The molecule has 3 fully saturated rings. The van der Waals surface area contributed by atoms with Crippen molar-refractivity contribution < 1.29 is 107 Å². The van der Waals surface area contributed by atoms with E-state index in [1.807, 2.05) is 0 Å². The smallest absolute Gasteiger partial charge is 0.317 e. The van der Waals surface area contributed by atoms with Crippen LogP contribution < -0.4 is 54.4 Å². The molecule has 0 saturated carbocycles. The van der Waals surface area contributed by atoms with Crippen LogP contribution >= 0.6 is 23.5 Å². The van der Waals surface area contributed by atoms with Gasteiger partial charge in [0.2, 0.25) is 59.1 Å². The molecular weight excluding hydrogens is 1420 g/mol. The molecule has 0 bridgehead atoms. The zero-order chi connectivity index (χ0) is 77.7. The summed E-state index contributed by atoms with van der Waals surface area (Å²) in [5.74, 6) is -17.6. The molecular formula is C65H96N16O22S2. The Morgan fingerprint density at radius 1 is 0.600 bits per heavy atom. The van der Waals surface area contributed by atoms with E-state index in [2.05, 4.69) is 37.2 Å². The highest BCUT2D eigenvalue weighted by atomic mass is 32.2. The van der Waals surface area contributed by atoms with E-state index in [9.17, 15) is 102 Å². The van der Waals surface area contributed by atoms with Crippen molar-refractivity contribution in [3.05, 3.63) is 45.7 Å². The highest BCUT2D eigenvalue weighted by Crippen LogP contribution is 2.34. The Kier molecular flexibility index (Phi) is 35.1. The molecule has 1 aromatic rings. The molecule has 5 rings (SSSR count). The minimum Gasteiger partial charge on any atom is -0.481 e. The molecule has 1 aromatic carbocycles. The number of carbonyl (C=O) groups excluding carboxylic acids is 13. The summed E-state index contributed by atoms with van der Waals surface area (Å²) >= 11 is 1.07. The van der Waals surface area contributed by atoms with Gasteiger partial charge in [0, 0.05) is 89.9 Å². The summed E-state index contributed by atoms with van der Waals surface area (Å²) in [5, 5.41) is 66.4. The number of carbonyl (C=O) groups is 17. The Morgan fingerprint density at radius 3 is 1.57 bits per heavy atom. The molecule has 12 amide bonds. The molecule has 18 N–H and O–H groups in total. The second-order valence-electron chi connectivity index (χ2n) is 26.0. The maximum absolute atomic E-state index is 15.2. The molecule has 0 spiro atoms. The Hall–Kier alpha value is -9.19. The molecule has 4 aliphatic heterocycles. The van der Waals surface area contributed by atoms with Gasteiger partial charge in [0.25, 0.3) is 11.8 Å². The summed E-state index contributed by atoms with van der Waals surface area (Å²) in [6, 6.07) is -2.28. The molecule has 9 atom stereocenters. The summed E-state index contributed by atoms with van der Waals surface area (Å²) in [6.07, 6.45) is -1.54. The number of hydrogen-bond acceptors (Lipinski definition) is 25. The number of rotatable bonds is 42. The Labute approximate surface area is 613 Å². The average Bonchev–Trinajstić information content (AvgIpc) is 1.69. The predicted octanol–water partition coefficient (Wildman–Crippen LogP) is -6.36. The molecule has 38 nitrogen and oxygen atoms in total. The molecule has 0 aromatic heterocycles. The van der Waals surface area contributed by atoms with Crippen LogP contribution in [0.1, 0.15) is 90.0 Å². The van der Waals surface area contributed by atoms with E-state index in [1.54, 1.807) is 56.9 Å². The lowest BCUT2D eigenvalue weighted by Crippen LogP contribution is -2.61. The number of hydrogen-bond donors (Lipinski definition) is 15. The van der Waals surface area contributed by atoms with Gasteiger partial charge in [-0.1, -0.05) is 50.1 Å². The first-order valence-corrected chi connectivity index (χ1v) is 36.2. The van der Waals surface area contributed by atoms with Gasteiger partial charge in [-0.25, -0.2) is 0 Å². The standard InChI is InChI=1S/C65H96N16O22S2/c1-3-4-12-40(70-49(86)30-76-19-21-77(31-51(89)90)23-25-79(33-53(93)94)26-24-78(22-20-76)32-52(91)92)58(97)73-44(63(102)81-18-9-14-46(81)64(103)80-17-8-13-45(80)57(68)96)35-105-55-54(61(100)74-62(55)101)104-34-43(60(99)71-41(56(67)95)29-50(87)88)72-59(98)42(28-39-10-6-5-7-11-39)69-36-65(37-82,16-15-47(66)84)75-48(85)27-38(2)83/h5-7,10-11,37-38,40-46,69,83H,3-4,8-9,12-36H2,1-2H3,(H2,66,84)(H2,67,95)(H2,68,96)(H,70,86)(H,71,99)(H,72,98)(H,73,97)(H,75,85)(H,87,88)(H,89,90)(H,91,92)(H,93,94)(H,74,100,101)/t38-,40+,41+,42+,43+,44+,45+,46+,65-/m1/s1. The van der Waals surface area contributed by atoms with Crippen LogP contribution in [0.4, 0.5) is 0 Å². The van der Waals surface area contributed by atoms with E-state index in [4.69, 9.17) is 17.2 Å². The van der Waals surface area contributed by atoms with Crippen molar-refractivity contribution in [2.45, 2.75) is 145 Å². The number of aliphatic hydroxyl groups excluding tert-OH is 1. The predicted molar refractivity (Wildman–Crippen MR) is 375 cm³/mol. The van der Waals surface area contributed by atoms with Crippen LogP contribution in [0.25, 0.3) is 0 Å². The van der Waals surface area contributed by atoms with E-state index < -0.39 is 228 Å². The molecule has 4 heterocycles. The molecule has 0 radical (unpaired) electrons. The fourth-order valence-corrected chi connectivity index (χ4v) is 14.5. The normalized spacial score (nSPS) is 19.5. The van der Waals surface area contributed by atoms with Crippen molar-refractivity contribution in [2.75, 3.05) is 110 Å². The summed E-state index contributed by atoms with van der Waals surface area (Å²) in [6.45, 7) is 1.54. The number of likely N-dealkylation sites (tertiary alicyclic amines) is 2. The van der Waals surface area contributed by atoms with Gasteiger partial charge in [-0.3, -0.25) is 102 Å². The average molecular weight is 1520 g/mol. The van der Waals surface area contributed by atoms with Crippen molar-refractivity contribution in [1.29, 1.82) is 0 Å². The third-order valence-electron chi connectivity index (χ3n) is 17.7. The minimum absolute atomic E-state index is 0.0186. The van der Waals surface area contributed by atoms with Crippen LogP contribution in [0.2, 0.25) is 0 Å². The number of amides is 12. The zero-order valence-electron chi connectivity index (χ0n) is 58.5. The van der Waals surface area contributed by atoms with Gasteiger partial charge in [-0.15, -0.1) is 23.5 Å². The van der Waals surface area contributed by atoms with Crippen molar-refractivity contribution in [3.8, 4) is 0 Å². The topological polar surface area (TPSA) is 573 Å². The van der Waals surface area contributed by atoms with Gasteiger partial charge in [-0.05, 0) is 57.4 Å². The summed E-state index contributed by atoms with van der Waals surface area (Å²) in [7, 11) is 0. The largest absolute Gasteiger partial charge is 0.481 e. The van der Waals surface area contributed by atoms with Gasteiger partial charge in [0.1, 0.15) is 48.1 Å². The number of imide groups is 1. The number of primary amides is 3. The van der Waals surface area contributed by atoms with Crippen molar-refractivity contribution >= 4 is 125 Å². The summed E-state index contributed by atoms with van der Waals surface area (Å²) in [5.41, 5.74) is 15.2. The second-order valence-corrected chi connectivity index (χ2v) is 28.1. The van der Waals surface area contributed by atoms with E-state index in [1.165, 1.54) is 16.7 Å². The van der Waals surface area contributed by atoms with Crippen molar-refractivity contribution in [1.82, 2.24) is 66.6 Å². The second kappa shape index (κ2) is 42.7. The van der Waals surface area contributed by atoms with Gasteiger partial charge >= 0.3 is 23.9 Å². The first kappa shape index (κ1) is 86.5. The lowest BCUT2D eigenvalue weighted by atomic mass is 9.93. The number of aldehydes is 1. The monoisotopic (exact) mass is 1520 g/mol. The lowest BCUT2D eigenvalue weighted by Gasteiger charge is -2.33. The van der Waals surface area contributed by atoms with Crippen LogP contribution in [0, 0.1) is 0 Å². The van der Waals surface area contributed by atoms with Crippen LogP contribution in [0.5, 0.6) is 0 Å². The minimum atomic E-state index is -1.94. The highest BCUT2D eigenvalue weighted by molar-refractivity contribution is 8.08. The first-order chi connectivity index (χ1) is 49.7. The van der Waals surface area contributed by atoms with E-state index in [0.717, 1.165) is 0 Å². The summed E-state index contributed by atoms with van der Waals surface area (Å²) in [4.78, 5) is 234. The highest BCUT2D eigenvalue weighted by Gasteiger charge is 2.45. The Morgan fingerprint density at radius 2 is 1.09 bits per heavy atom. The zero-order valence-corrected chi connectivity index (χ0v) is 60.1. The van der Waals surface area contributed by atoms with Crippen LogP contribution in [-0.4, -0.2) is 320 Å². The third kappa shape index (κ3) is 28.7. The van der Waals surface area contributed by atoms with Crippen LogP contribution in [-0.2, 0) is 87.9 Å². The van der Waals surface area contributed by atoms with Crippen LogP contribution in [0.3, 0.4) is 0 Å². The number of carboxylic acids is 4. The number of benzene rings is 1. The van der Waals surface area contributed by atoms with E-state index in [0.29, 0.717) is 54.6 Å². The van der Waals surface area contributed by atoms with Gasteiger partial charge in [-0.2, -0.15) is 0 Å².